The predicted molar refractivity (Wildman–Crippen MR) is 159 cm³/mol. The van der Waals surface area contributed by atoms with Crippen molar-refractivity contribution >= 4 is 15.9 Å². The van der Waals surface area contributed by atoms with Crippen LogP contribution < -0.4 is 18.9 Å². The maximum Gasteiger partial charge on any atom is 0.419 e. The molecule has 0 aliphatic carbocycles. The Kier molecular flexibility index (Phi) is 10.6. The van der Waals surface area contributed by atoms with Crippen molar-refractivity contribution in [2.45, 2.75) is 30.5 Å². The van der Waals surface area contributed by atoms with Crippen molar-refractivity contribution < 1.29 is 40.6 Å². The zero-order chi connectivity index (χ0) is 32.6. The lowest BCUT2D eigenvalue weighted by Gasteiger charge is -2.21. The van der Waals surface area contributed by atoms with Crippen molar-refractivity contribution in [2.75, 3.05) is 27.2 Å². The number of alkyl halides is 3. The van der Waals surface area contributed by atoms with Crippen molar-refractivity contribution in [2.24, 2.45) is 0 Å². The van der Waals surface area contributed by atoms with Gasteiger partial charge in [0, 0.05) is 24.4 Å². The van der Waals surface area contributed by atoms with E-state index in [1.807, 2.05) is 23.7 Å². The van der Waals surface area contributed by atoms with E-state index in [1.165, 1.54) is 30.5 Å². The average molecular weight is 645 g/mol. The molecule has 14 heteroatoms. The van der Waals surface area contributed by atoms with Gasteiger partial charge in [-0.05, 0) is 81.2 Å². The minimum absolute atomic E-state index is 0.262. The second-order valence-corrected chi connectivity index (χ2v) is 11.7. The van der Waals surface area contributed by atoms with Crippen LogP contribution in [-0.4, -0.2) is 56.4 Å². The number of likely N-dealkylation sites (N-methyl/N-ethyl adjacent to an activating group) is 1. The molecular weight excluding hydrogens is 613 g/mol. The zero-order valence-electron chi connectivity index (χ0n) is 24.6. The largest absolute Gasteiger partial charge is 0.492 e. The molecule has 45 heavy (non-hydrogen) atoms. The molecule has 0 fully saturated rings. The van der Waals surface area contributed by atoms with Crippen LogP contribution in [0.4, 0.5) is 13.2 Å². The van der Waals surface area contributed by atoms with Crippen molar-refractivity contribution in [3.8, 4) is 23.1 Å². The summed E-state index contributed by atoms with van der Waals surface area (Å²) in [5, 5.41) is 0. The Bertz CT molecular complexity index is 1690. The molecule has 0 saturated heterocycles. The minimum Gasteiger partial charge on any atom is -0.492 e. The summed E-state index contributed by atoms with van der Waals surface area (Å²) >= 11 is 0. The highest BCUT2D eigenvalue weighted by atomic mass is 32.2. The van der Waals surface area contributed by atoms with Crippen molar-refractivity contribution in [1.29, 1.82) is 0 Å². The maximum atomic E-state index is 14.1. The van der Waals surface area contributed by atoms with Crippen LogP contribution in [0, 0.1) is 0 Å². The van der Waals surface area contributed by atoms with Crippen LogP contribution in [0.2, 0.25) is 0 Å². The summed E-state index contributed by atoms with van der Waals surface area (Å²) in [6.45, 7) is 2.74. The highest BCUT2D eigenvalue weighted by Gasteiger charge is 2.36. The number of ether oxygens (including phenoxy) is 3. The molecule has 2 aromatic carbocycles. The molecular formula is C31H31F3N4O6S. The van der Waals surface area contributed by atoms with E-state index in [-0.39, 0.29) is 11.3 Å². The normalized spacial score (nSPS) is 12.4. The Balaban J connectivity index is 1.48. The van der Waals surface area contributed by atoms with Gasteiger partial charge < -0.3 is 19.1 Å². The van der Waals surface area contributed by atoms with E-state index in [2.05, 4.69) is 9.97 Å². The minimum atomic E-state index is -4.92. The lowest BCUT2D eigenvalue weighted by atomic mass is 10.1. The van der Waals surface area contributed by atoms with E-state index in [0.29, 0.717) is 42.3 Å². The Hall–Kier alpha value is -4.69. The smallest absolute Gasteiger partial charge is 0.419 e. The summed E-state index contributed by atoms with van der Waals surface area (Å²) in [5.41, 5.74) is -1.43. The Morgan fingerprint density at radius 1 is 0.978 bits per heavy atom. The van der Waals surface area contributed by atoms with Gasteiger partial charge in [-0.2, -0.15) is 13.2 Å². The van der Waals surface area contributed by atoms with Gasteiger partial charge in [0.2, 0.25) is 5.88 Å². The van der Waals surface area contributed by atoms with Crippen molar-refractivity contribution in [3.63, 3.8) is 0 Å². The van der Waals surface area contributed by atoms with E-state index in [9.17, 15) is 26.4 Å². The van der Waals surface area contributed by atoms with Gasteiger partial charge in [0.25, 0.3) is 15.9 Å². The second kappa shape index (κ2) is 14.4. The summed E-state index contributed by atoms with van der Waals surface area (Å²) in [5.74, 6) is -0.648. The number of pyridine rings is 2. The highest BCUT2D eigenvalue weighted by molar-refractivity contribution is 7.90. The molecule has 0 aliphatic heterocycles. The number of aromatic nitrogens is 2. The molecule has 0 unspecified atom stereocenters. The molecule has 0 spiro atoms. The van der Waals surface area contributed by atoms with E-state index in [1.54, 1.807) is 43.5 Å². The maximum absolute atomic E-state index is 14.1. The van der Waals surface area contributed by atoms with Crippen LogP contribution in [0.25, 0.3) is 0 Å². The third-order valence-electron chi connectivity index (χ3n) is 6.30. The number of amides is 1. The van der Waals surface area contributed by atoms with Crippen molar-refractivity contribution in [1.82, 2.24) is 19.6 Å². The number of halogens is 3. The van der Waals surface area contributed by atoms with Gasteiger partial charge in [0.15, 0.2) is 0 Å². The number of benzene rings is 2. The quantitative estimate of drug-likeness (QED) is 0.190. The van der Waals surface area contributed by atoms with Crippen LogP contribution in [0.5, 0.6) is 23.1 Å². The molecule has 0 radical (unpaired) electrons. The average Bonchev–Trinajstić information content (AvgIpc) is 3.00. The topological polar surface area (TPSA) is 120 Å². The van der Waals surface area contributed by atoms with E-state index >= 15 is 0 Å². The fourth-order valence-electron chi connectivity index (χ4n) is 3.97. The van der Waals surface area contributed by atoms with Gasteiger partial charge in [-0.3, -0.25) is 9.78 Å². The molecule has 1 N–H and O–H groups in total. The Morgan fingerprint density at radius 2 is 1.71 bits per heavy atom. The monoisotopic (exact) mass is 644 g/mol. The first-order chi connectivity index (χ1) is 21.4. The number of rotatable bonds is 13. The molecule has 10 nitrogen and oxygen atoms in total. The number of nitrogens with one attached hydrogen (secondary N) is 1. The van der Waals surface area contributed by atoms with E-state index in [4.69, 9.17) is 14.2 Å². The first kappa shape index (κ1) is 33.2. The van der Waals surface area contributed by atoms with Crippen LogP contribution in [0.3, 0.4) is 0 Å². The van der Waals surface area contributed by atoms with E-state index in [0.717, 1.165) is 12.1 Å². The van der Waals surface area contributed by atoms with Gasteiger partial charge in [0.05, 0.1) is 22.3 Å². The predicted octanol–water partition coefficient (Wildman–Crippen LogP) is 5.88. The number of hydrogen-bond donors (Lipinski definition) is 1. The van der Waals surface area contributed by atoms with Crippen LogP contribution in [0.1, 0.15) is 41.1 Å². The summed E-state index contributed by atoms with van der Waals surface area (Å²) in [4.78, 5) is 22.8. The zero-order valence-corrected chi connectivity index (χ0v) is 25.4. The van der Waals surface area contributed by atoms with Gasteiger partial charge in [0.1, 0.15) is 30.0 Å². The molecule has 2 heterocycles. The van der Waals surface area contributed by atoms with Gasteiger partial charge in [-0.25, -0.2) is 18.1 Å². The molecule has 238 valence electrons. The van der Waals surface area contributed by atoms with Crippen LogP contribution in [0.15, 0.2) is 90.1 Å². The Labute approximate surface area is 258 Å². The number of hydrogen-bond acceptors (Lipinski definition) is 9. The third kappa shape index (κ3) is 9.16. The SMILES string of the molecule is CC[C@@H](Oc1ccc(C(=O)NS(=O)(=O)c2ccc(OCCN(C)C)cc2)cc1C(F)(F)F)c1ccc(Oc2ccccn2)cn1. The molecule has 4 rings (SSSR count). The lowest BCUT2D eigenvalue weighted by molar-refractivity contribution is -0.139. The van der Waals surface area contributed by atoms with Gasteiger partial charge in [-0.15, -0.1) is 0 Å². The molecule has 1 atom stereocenters. The fourth-order valence-corrected chi connectivity index (χ4v) is 4.95. The molecule has 1 amide bonds. The lowest BCUT2D eigenvalue weighted by Crippen LogP contribution is -2.30. The number of carbonyl (C=O) groups is 1. The summed E-state index contributed by atoms with van der Waals surface area (Å²) in [6, 6.07) is 16.2. The summed E-state index contributed by atoms with van der Waals surface area (Å²) in [6.07, 6.45) is -2.55. The highest BCUT2D eigenvalue weighted by Crippen LogP contribution is 2.39. The van der Waals surface area contributed by atoms with Crippen LogP contribution in [-0.2, 0) is 16.2 Å². The van der Waals surface area contributed by atoms with Gasteiger partial charge in [-0.1, -0.05) is 13.0 Å². The van der Waals surface area contributed by atoms with Gasteiger partial charge >= 0.3 is 6.18 Å². The summed E-state index contributed by atoms with van der Waals surface area (Å²) < 4.78 is 86.6. The standard InChI is InChI=1S/C31H31F3N4O6S/c1-4-27(26-14-11-23(20-36-26)43-29-7-5-6-16-35-29)44-28-15-8-21(19-25(28)31(32,33)34)30(39)37-45(40,41)24-12-9-22(10-13-24)42-18-17-38(2)3/h5-16,19-20,27H,4,17-18H2,1-3H3,(H,37,39)/t27-/m1/s1. The molecule has 0 bridgehead atoms. The number of sulfonamides is 1. The second-order valence-electron chi connectivity index (χ2n) is 9.97. The molecule has 2 aromatic heterocycles. The molecule has 0 aliphatic rings. The first-order valence-electron chi connectivity index (χ1n) is 13.7. The summed E-state index contributed by atoms with van der Waals surface area (Å²) in [7, 11) is -0.646. The van der Waals surface area contributed by atoms with Crippen LogP contribution >= 0.6 is 0 Å². The van der Waals surface area contributed by atoms with E-state index < -0.39 is 45.1 Å². The van der Waals surface area contributed by atoms with Crippen molar-refractivity contribution in [3.05, 3.63) is 102 Å². The molecule has 4 aromatic rings. The third-order valence-corrected chi connectivity index (χ3v) is 7.65. The fraction of sp³-hybridized carbons (Fsp3) is 0.258. The number of carbonyl (C=O) groups excluding carboxylic acids is 1. The Morgan fingerprint density at radius 3 is 2.31 bits per heavy atom. The molecule has 0 saturated carbocycles. The number of nitrogens with zero attached hydrogens (tertiary/aromatic N) is 3. The first-order valence-corrected chi connectivity index (χ1v) is 15.2.